The van der Waals surface area contributed by atoms with Gasteiger partial charge in [0.05, 0.1) is 18.2 Å². The Hall–Kier alpha value is -3.22. The second kappa shape index (κ2) is 8.44. The fraction of sp³-hybridized carbons (Fsp3) is 0.300. The molecule has 0 bridgehead atoms. The van der Waals surface area contributed by atoms with Crippen LogP contribution in [0.2, 0.25) is 0 Å². The zero-order chi connectivity index (χ0) is 19.2. The first-order chi connectivity index (χ1) is 13.1. The molecular weight excluding hydrogens is 346 g/mol. The number of hydrogen-bond donors (Lipinski definition) is 1. The van der Waals surface area contributed by atoms with Crippen LogP contribution >= 0.6 is 0 Å². The van der Waals surface area contributed by atoms with Crippen LogP contribution in [0.5, 0.6) is 0 Å². The number of hydrogen-bond acceptors (Lipinski definition) is 5. The number of ether oxygens (including phenoxy) is 1. The zero-order valence-electron chi connectivity index (χ0n) is 15.1. The molecule has 1 fully saturated rings. The summed E-state index contributed by atoms with van der Waals surface area (Å²) in [7, 11) is 1.31. The lowest BCUT2D eigenvalue weighted by molar-refractivity contribution is -0.121. The second-order valence-electron chi connectivity index (χ2n) is 6.37. The monoisotopic (exact) mass is 367 g/mol. The summed E-state index contributed by atoms with van der Waals surface area (Å²) in [6, 6.07) is 10.1. The number of methoxy groups -OCH3 is 1. The van der Waals surface area contributed by atoms with Crippen molar-refractivity contribution in [1.82, 2.24) is 9.88 Å². The normalized spacial score (nSPS) is 14.5. The molecule has 1 aromatic carbocycles. The standard InChI is InChI=1S/C20H21N3O4/c1-27-20(26)15-4-2-6-17(12-15)22-18(24)14-7-10-23(11-8-14)19(25)16-5-3-9-21-13-16/h2-6,9,12-14H,7-8,10-11H2,1H3,(H,22,24). The molecule has 1 N–H and O–H groups in total. The van der Waals surface area contributed by atoms with Crippen LogP contribution in [0.15, 0.2) is 48.8 Å². The Kier molecular flexibility index (Phi) is 5.80. The minimum atomic E-state index is -0.451. The molecule has 0 spiro atoms. The predicted molar refractivity (Wildman–Crippen MR) is 99.3 cm³/mol. The van der Waals surface area contributed by atoms with Gasteiger partial charge in [-0.25, -0.2) is 4.79 Å². The number of nitrogens with zero attached hydrogens (tertiary/aromatic N) is 2. The topological polar surface area (TPSA) is 88.6 Å². The van der Waals surface area contributed by atoms with E-state index in [0.29, 0.717) is 42.7 Å². The molecule has 0 atom stereocenters. The Balaban J connectivity index is 1.56. The summed E-state index contributed by atoms with van der Waals surface area (Å²) in [5, 5.41) is 2.85. The van der Waals surface area contributed by atoms with Crippen LogP contribution in [-0.2, 0) is 9.53 Å². The van der Waals surface area contributed by atoms with Gasteiger partial charge in [0, 0.05) is 37.1 Å². The molecule has 2 aromatic rings. The lowest BCUT2D eigenvalue weighted by atomic mass is 9.95. The molecule has 140 valence electrons. The molecule has 3 rings (SSSR count). The molecule has 2 heterocycles. The number of likely N-dealkylation sites (tertiary alicyclic amines) is 1. The largest absolute Gasteiger partial charge is 0.465 e. The highest BCUT2D eigenvalue weighted by Crippen LogP contribution is 2.21. The summed E-state index contributed by atoms with van der Waals surface area (Å²) in [5.74, 6) is -0.795. The number of carbonyl (C=O) groups excluding carboxylic acids is 3. The number of amides is 2. The Morgan fingerprint density at radius 3 is 2.52 bits per heavy atom. The summed E-state index contributed by atoms with van der Waals surface area (Å²) in [6.07, 6.45) is 4.36. The van der Waals surface area contributed by atoms with E-state index in [9.17, 15) is 14.4 Å². The summed E-state index contributed by atoms with van der Waals surface area (Å²) in [5.41, 5.74) is 1.49. The van der Waals surface area contributed by atoms with E-state index >= 15 is 0 Å². The van der Waals surface area contributed by atoms with Crippen LogP contribution in [0.3, 0.4) is 0 Å². The van der Waals surface area contributed by atoms with E-state index in [0.717, 1.165) is 0 Å². The van der Waals surface area contributed by atoms with Crippen LogP contribution in [0.4, 0.5) is 5.69 Å². The van der Waals surface area contributed by atoms with E-state index in [1.807, 2.05) is 0 Å². The van der Waals surface area contributed by atoms with Crippen LogP contribution in [-0.4, -0.2) is 47.9 Å². The van der Waals surface area contributed by atoms with Gasteiger partial charge in [-0.15, -0.1) is 0 Å². The van der Waals surface area contributed by atoms with E-state index in [2.05, 4.69) is 15.0 Å². The number of piperidine rings is 1. The van der Waals surface area contributed by atoms with Crippen molar-refractivity contribution in [3.05, 3.63) is 59.9 Å². The summed E-state index contributed by atoms with van der Waals surface area (Å²) in [6.45, 7) is 1.04. The van der Waals surface area contributed by atoms with Gasteiger partial charge >= 0.3 is 5.97 Å². The van der Waals surface area contributed by atoms with Crippen molar-refractivity contribution < 1.29 is 19.1 Å². The van der Waals surface area contributed by atoms with Gasteiger partial charge in [-0.3, -0.25) is 14.6 Å². The van der Waals surface area contributed by atoms with E-state index in [1.54, 1.807) is 53.7 Å². The maximum atomic E-state index is 12.5. The van der Waals surface area contributed by atoms with E-state index in [4.69, 9.17) is 0 Å². The van der Waals surface area contributed by atoms with Crippen molar-refractivity contribution >= 4 is 23.5 Å². The van der Waals surface area contributed by atoms with Crippen LogP contribution < -0.4 is 5.32 Å². The van der Waals surface area contributed by atoms with Crippen LogP contribution in [0.1, 0.15) is 33.6 Å². The number of rotatable bonds is 4. The number of aromatic nitrogens is 1. The highest BCUT2D eigenvalue weighted by molar-refractivity contribution is 5.96. The molecule has 7 nitrogen and oxygen atoms in total. The third-order valence-electron chi connectivity index (χ3n) is 4.61. The van der Waals surface area contributed by atoms with E-state index < -0.39 is 5.97 Å². The maximum Gasteiger partial charge on any atom is 0.337 e. The average molecular weight is 367 g/mol. The van der Waals surface area contributed by atoms with Crippen molar-refractivity contribution in [3.8, 4) is 0 Å². The Bertz CT molecular complexity index is 830. The summed E-state index contributed by atoms with van der Waals surface area (Å²) >= 11 is 0. The van der Waals surface area contributed by atoms with Crippen molar-refractivity contribution in [3.63, 3.8) is 0 Å². The average Bonchev–Trinajstić information content (AvgIpc) is 2.73. The molecule has 27 heavy (non-hydrogen) atoms. The van der Waals surface area contributed by atoms with Crippen molar-refractivity contribution in [2.45, 2.75) is 12.8 Å². The number of carbonyl (C=O) groups is 3. The first-order valence-electron chi connectivity index (χ1n) is 8.77. The van der Waals surface area contributed by atoms with E-state index in [-0.39, 0.29) is 17.7 Å². The van der Waals surface area contributed by atoms with Gasteiger partial charge in [-0.1, -0.05) is 6.07 Å². The Labute approximate surface area is 157 Å². The quantitative estimate of drug-likeness (QED) is 0.838. The highest BCUT2D eigenvalue weighted by Gasteiger charge is 2.28. The van der Waals surface area contributed by atoms with Gasteiger partial charge in [-0.2, -0.15) is 0 Å². The van der Waals surface area contributed by atoms with Gasteiger partial charge in [0.2, 0.25) is 5.91 Å². The molecule has 0 radical (unpaired) electrons. The van der Waals surface area contributed by atoms with Gasteiger partial charge < -0.3 is 15.0 Å². The maximum absolute atomic E-state index is 12.5. The number of nitrogens with one attached hydrogen (secondary N) is 1. The van der Waals surface area contributed by atoms with Crippen molar-refractivity contribution in [2.24, 2.45) is 5.92 Å². The fourth-order valence-electron chi connectivity index (χ4n) is 3.10. The lowest BCUT2D eigenvalue weighted by Gasteiger charge is -2.31. The van der Waals surface area contributed by atoms with Crippen molar-refractivity contribution in [2.75, 3.05) is 25.5 Å². The predicted octanol–water partition coefficient (Wildman–Crippen LogP) is 2.36. The minimum Gasteiger partial charge on any atom is -0.465 e. The molecule has 0 unspecified atom stereocenters. The number of anilines is 1. The summed E-state index contributed by atoms with van der Waals surface area (Å²) in [4.78, 5) is 42.3. The molecule has 1 aromatic heterocycles. The van der Waals surface area contributed by atoms with Gasteiger partial charge in [0.1, 0.15) is 0 Å². The molecule has 1 saturated heterocycles. The molecular formula is C20H21N3O4. The van der Waals surface area contributed by atoms with E-state index in [1.165, 1.54) is 7.11 Å². The molecule has 7 heteroatoms. The van der Waals surface area contributed by atoms with Crippen LogP contribution in [0, 0.1) is 5.92 Å². The van der Waals surface area contributed by atoms with Gasteiger partial charge in [-0.05, 0) is 43.2 Å². The SMILES string of the molecule is COC(=O)c1cccc(NC(=O)C2CCN(C(=O)c3cccnc3)CC2)c1. The second-order valence-corrected chi connectivity index (χ2v) is 6.37. The first kappa shape index (κ1) is 18.6. The minimum absolute atomic E-state index is 0.0623. The Morgan fingerprint density at radius 1 is 1.11 bits per heavy atom. The highest BCUT2D eigenvalue weighted by atomic mass is 16.5. The molecule has 1 aliphatic heterocycles. The first-order valence-corrected chi connectivity index (χ1v) is 8.77. The summed E-state index contributed by atoms with van der Waals surface area (Å²) < 4.78 is 4.69. The molecule has 0 aliphatic carbocycles. The third kappa shape index (κ3) is 4.49. The zero-order valence-corrected chi connectivity index (χ0v) is 15.1. The Morgan fingerprint density at radius 2 is 1.85 bits per heavy atom. The van der Waals surface area contributed by atoms with Gasteiger partial charge in [0.15, 0.2) is 0 Å². The third-order valence-corrected chi connectivity index (χ3v) is 4.61. The van der Waals surface area contributed by atoms with Crippen LogP contribution in [0.25, 0.3) is 0 Å². The molecule has 1 aliphatic rings. The number of pyridine rings is 1. The lowest BCUT2D eigenvalue weighted by Crippen LogP contribution is -2.41. The van der Waals surface area contributed by atoms with Crippen molar-refractivity contribution in [1.29, 1.82) is 0 Å². The van der Waals surface area contributed by atoms with Gasteiger partial charge in [0.25, 0.3) is 5.91 Å². The smallest absolute Gasteiger partial charge is 0.337 e. The molecule has 0 saturated carbocycles. The molecule has 2 amide bonds. The number of esters is 1. The number of benzene rings is 1. The fourth-order valence-corrected chi connectivity index (χ4v) is 3.10.